The lowest BCUT2D eigenvalue weighted by atomic mass is 9.96. The van der Waals surface area contributed by atoms with Crippen molar-refractivity contribution in [3.8, 4) is 0 Å². The molecule has 16 heavy (non-hydrogen) atoms. The van der Waals surface area contributed by atoms with Crippen LogP contribution in [0.4, 0.5) is 0 Å². The molecule has 1 heterocycles. The molecule has 0 aromatic heterocycles. The van der Waals surface area contributed by atoms with Gasteiger partial charge in [-0.05, 0) is 73.4 Å². The Morgan fingerprint density at radius 3 is 2.62 bits per heavy atom. The number of hydrogen-bond acceptors (Lipinski definition) is 3. The predicted molar refractivity (Wildman–Crippen MR) is 70.9 cm³/mol. The second kappa shape index (κ2) is 5.99. The Morgan fingerprint density at radius 2 is 2.06 bits per heavy atom. The minimum Gasteiger partial charge on any atom is -0.319 e. The molecule has 96 valence electrons. The summed E-state index contributed by atoms with van der Waals surface area (Å²) in [5, 5.41) is 3.31. The molecular formula is C13H29N3. The first-order valence-electron chi connectivity index (χ1n) is 6.50. The van der Waals surface area contributed by atoms with Gasteiger partial charge in [-0.2, -0.15) is 0 Å². The molecule has 3 nitrogen and oxygen atoms in total. The van der Waals surface area contributed by atoms with Crippen LogP contribution in [0.3, 0.4) is 0 Å². The lowest BCUT2D eigenvalue weighted by Gasteiger charge is -2.31. The highest BCUT2D eigenvalue weighted by atomic mass is 15.2. The largest absolute Gasteiger partial charge is 0.319 e. The summed E-state index contributed by atoms with van der Waals surface area (Å²) >= 11 is 0. The summed E-state index contributed by atoms with van der Waals surface area (Å²) in [7, 11) is 6.36. The van der Waals surface area contributed by atoms with Crippen molar-refractivity contribution in [3.05, 3.63) is 0 Å². The second-order valence-electron chi connectivity index (χ2n) is 6.04. The molecule has 1 N–H and O–H groups in total. The minimum atomic E-state index is 0.397. The van der Waals surface area contributed by atoms with Gasteiger partial charge in [0.1, 0.15) is 0 Å². The monoisotopic (exact) mass is 227 g/mol. The Kier molecular flexibility index (Phi) is 5.22. The summed E-state index contributed by atoms with van der Waals surface area (Å²) in [4.78, 5) is 4.94. The van der Waals surface area contributed by atoms with Gasteiger partial charge in [0.25, 0.3) is 0 Å². The van der Waals surface area contributed by atoms with Gasteiger partial charge in [0.15, 0.2) is 0 Å². The molecule has 0 bridgehead atoms. The highest BCUT2D eigenvalue weighted by molar-refractivity contribution is 4.93. The van der Waals surface area contributed by atoms with E-state index in [1.807, 2.05) is 0 Å². The SMILES string of the molecule is CNCC1CN(CCCN(C)C)C(C)(C)C1. The van der Waals surface area contributed by atoms with Gasteiger partial charge in [0.05, 0.1) is 0 Å². The first kappa shape index (κ1) is 13.9. The zero-order valence-corrected chi connectivity index (χ0v) is 11.7. The van der Waals surface area contributed by atoms with Crippen molar-refractivity contribution in [2.45, 2.75) is 32.2 Å². The molecule has 0 aromatic carbocycles. The Hall–Kier alpha value is -0.120. The van der Waals surface area contributed by atoms with Gasteiger partial charge in [-0.15, -0.1) is 0 Å². The van der Waals surface area contributed by atoms with Crippen LogP contribution in [0.5, 0.6) is 0 Å². The summed E-state index contributed by atoms with van der Waals surface area (Å²) in [6, 6.07) is 0. The molecule has 0 radical (unpaired) electrons. The number of nitrogens with zero attached hydrogens (tertiary/aromatic N) is 2. The molecule has 0 amide bonds. The van der Waals surface area contributed by atoms with Crippen LogP contribution >= 0.6 is 0 Å². The van der Waals surface area contributed by atoms with Crippen LogP contribution in [0.15, 0.2) is 0 Å². The van der Waals surface area contributed by atoms with Crippen LogP contribution in [-0.2, 0) is 0 Å². The second-order valence-corrected chi connectivity index (χ2v) is 6.04. The highest BCUT2D eigenvalue weighted by Gasteiger charge is 2.37. The topological polar surface area (TPSA) is 18.5 Å². The van der Waals surface area contributed by atoms with Crippen LogP contribution in [0.1, 0.15) is 26.7 Å². The summed E-state index contributed by atoms with van der Waals surface area (Å²) in [5.41, 5.74) is 0.397. The molecule has 1 aliphatic rings. The van der Waals surface area contributed by atoms with Crippen LogP contribution in [-0.4, -0.2) is 62.7 Å². The zero-order chi connectivity index (χ0) is 12.2. The van der Waals surface area contributed by atoms with Crippen molar-refractivity contribution in [2.24, 2.45) is 5.92 Å². The summed E-state index contributed by atoms with van der Waals surface area (Å²) in [6.07, 6.45) is 2.61. The molecule has 1 unspecified atom stereocenters. The average molecular weight is 227 g/mol. The summed E-state index contributed by atoms with van der Waals surface area (Å²) in [5.74, 6) is 0.833. The molecule has 1 atom stereocenters. The van der Waals surface area contributed by atoms with Crippen molar-refractivity contribution in [1.82, 2.24) is 15.1 Å². The van der Waals surface area contributed by atoms with Gasteiger partial charge in [0.2, 0.25) is 0 Å². The third kappa shape index (κ3) is 4.04. The number of hydrogen-bond donors (Lipinski definition) is 1. The van der Waals surface area contributed by atoms with Gasteiger partial charge in [0, 0.05) is 12.1 Å². The van der Waals surface area contributed by atoms with E-state index in [-0.39, 0.29) is 0 Å². The van der Waals surface area contributed by atoms with Gasteiger partial charge < -0.3 is 10.2 Å². The zero-order valence-electron chi connectivity index (χ0n) is 11.7. The fourth-order valence-corrected chi connectivity index (χ4v) is 2.86. The van der Waals surface area contributed by atoms with E-state index in [0.29, 0.717) is 5.54 Å². The molecule has 0 saturated carbocycles. The van der Waals surface area contributed by atoms with Crippen molar-refractivity contribution in [3.63, 3.8) is 0 Å². The van der Waals surface area contributed by atoms with Crippen molar-refractivity contribution in [1.29, 1.82) is 0 Å². The fourth-order valence-electron chi connectivity index (χ4n) is 2.86. The van der Waals surface area contributed by atoms with Crippen LogP contribution < -0.4 is 5.32 Å². The summed E-state index contributed by atoms with van der Waals surface area (Å²) in [6.45, 7) is 9.64. The molecule has 1 aliphatic heterocycles. The number of rotatable bonds is 6. The van der Waals surface area contributed by atoms with E-state index in [1.165, 1.54) is 32.5 Å². The quantitative estimate of drug-likeness (QED) is 0.737. The maximum Gasteiger partial charge on any atom is 0.0156 e. The van der Waals surface area contributed by atoms with Gasteiger partial charge in [-0.25, -0.2) is 0 Å². The molecule has 1 saturated heterocycles. The van der Waals surface area contributed by atoms with E-state index < -0.39 is 0 Å². The molecular weight excluding hydrogens is 198 g/mol. The van der Waals surface area contributed by atoms with E-state index >= 15 is 0 Å². The highest BCUT2D eigenvalue weighted by Crippen LogP contribution is 2.32. The van der Waals surface area contributed by atoms with Gasteiger partial charge in [-0.1, -0.05) is 0 Å². The first-order chi connectivity index (χ1) is 7.45. The lowest BCUT2D eigenvalue weighted by molar-refractivity contribution is 0.167. The Morgan fingerprint density at radius 1 is 1.38 bits per heavy atom. The van der Waals surface area contributed by atoms with Gasteiger partial charge in [-0.3, -0.25) is 4.90 Å². The van der Waals surface area contributed by atoms with Gasteiger partial charge >= 0.3 is 0 Å². The van der Waals surface area contributed by atoms with Crippen LogP contribution in [0.25, 0.3) is 0 Å². The van der Waals surface area contributed by atoms with Crippen LogP contribution in [0, 0.1) is 5.92 Å². The molecule has 3 heteroatoms. The maximum absolute atomic E-state index is 3.31. The third-order valence-corrected chi connectivity index (χ3v) is 3.65. The predicted octanol–water partition coefficient (Wildman–Crippen LogP) is 1.26. The Balaban J connectivity index is 2.35. The third-order valence-electron chi connectivity index (χ3n) is 3.65. The van der Waals surface area contributed by atoms with E-state index in [0.717, 1.165) is 12.5 Å². The lowest BCUT2D eigenvalue weighted by Crippen LogP contribution is -2.39. The minimum absolute atomic E-state index is 0.397. The van der Waals surface area contributed by atoms with E-state index in [1.54, 1.807) is 0 Å². The Bertz CT molecular complexity index is 201. The molecule has 0 aromatic rings. The van der Waals surface area contributed by atoms with Crippen molar-refractivity contribution < 1.29 is 0 Å². The number of nitrogens with one attached hydrogen (secondary N) is 1. The van der Waals surface area contributed by atoms with Crippen molar-refractivity contribution >= 4 is 0 Å². The van der Waals surface area contributed by atoms with E-state index in [2.05, 4.69) is 50.1 Å². The molecule has 1 fully saturated rings. The molecule has 1 rings (SSSR count). The van der Waals surface area contributed by atoms with Crippen LogP contribution in [0.2, 0.25) is 0 Å². The van der Waals surface area contributed by atoms with Crippen molar-refractivity contribution in [2.75, 3.05) is 47.3 Å². The number of likely N-dealkylation sites (tertiary alicyclic amines) is 1. The fraction of sp³-hybridized carbons (Fsp3) is 1.00. The average Bonchev–Trinajstić information content (AvgIpc) is 2.41. The van der Waals surface area contributed by atoms with E-state index in [4.69, 9.17) is 0 Å². The molecule has 0 spiro atoms. The smallest absolute Gasteiger partial charge is 0.0156 e. The summed E-state index contributed by atoms with van der Waals surface area (Å²) < 4.78 is 0. The van der Waals surface area contributed by atoms with E-state index in [9.17, 15) is 0 Å². The maximum atomic E-state index is 3.31. The Labute approximate surface area is 101 Å². The first-order valence-corrected chi connectivity index (χ1v) is 6.50. The normalized spacial score (nSPS) is 25.5. The molecule has 0 aliphatic carbocycles. The standard InChI is InChI=1S/C13H29N3/c1-13(2)9-12(10-14-3)11-16(13)8-6-7-15(4)5/h12,14H,6-11H2,1-5H3.